The first-order valence-corrected chi connectivity index (χ1v) is 7.86. The molecule has 7 heteroatoms. The smallest absolute Gasteiger partial charge is 0.241 e. The van der Waals surface area contributed by atoms with E-state index < -0.39 is 0 Å². The van der Waals surface area contributed by atoms with E-state index in [9.17, 15) is 4.39 Å². The summed E-state index contributed by atoms with van der Waals surface area (Å²) in [6.07, 6.45) is 0.807. The van der Waals surface area contributed by atoms with Crippen molar-refractivity contribution in [2.24, 2.45) is 0 Å². The van der Waals surface area contributed by atoms with Crippen molar-refractivity contribution in [2.75, 3.05) is 11.1 Å². The first-order chi connectivity index (χ1) is 10.7. The highest BCUT2D eigenvalue weighted by Gasteiger charge is 2.31. The van der Waals surface area contributed by atoms with Gasteiger partial charge in [-0.2, -0.15) is 4.98 Å². The molecule has 1 aliphatic heterocycles. The lowest BCUT2D eigenvalue weighted by Gasteiger charge is -2.30. The monoisotopic (exact) mass is 315 g/mol. The maximum Gasteiger partial charge on any atom is 0.241 e. The zero-order valence-electron chi connectivity index (χ0n) is 11.6. The zero-order chi connectivity index (χ0) is 15.1. The van der Waals surface area contributed by atoms with Crippen molar-refractivity contribution in [3.63, 3.8) is 0 Å². The van der Waals surface area contributed by atoms with Gasteiger partial charge >= 0.3 is 0 Å². The van der Waals surface area contributed by atoms with Crippen LogP contribution < -0.4 is 11.1 Å². The molecule has 112 valence electrons. The first-order valence-electron chi connectivity index (χ1n) is 6.98. The Morgan fingerprint density at radius 1 is 1.27 bits per heavy atom. The van der Waals surface area contributed by atoms with Crippen LogP contribution in [0.5, 0.6) is 0 Å². The van der Waals surface area contributed by atoms with Crippen LogP contribution in [-0.4, -0.2) is 14.8 Å². The lowest BCUT2D eigenvalue weighted by molar-refractivity contribution is 0.437. The number of fused-ring (bicyclic) bond motifs is 1. The number of thiophene rings is 1. The third-order valence-corrected chi connectivity index (χ3v) is 4.82. The second-order valence-corrected chi connectivity index (χ2v) is 6.23. The second kappa shape index (κ2) is 5.10. The summed E-state index contributed by atoms with van der Waals surface area (Å²) in [5, 5.41) is 9.68. The molecule has 3 N–H and O–H groups in total. The van der Waals surface area contributed by atoms with Gasteiger partial charge in [0.2, 0.25) is 11.9 Å². The van der Waals surface area contributed by atoms with Gasteiger partial charge in [-0.1, -0.05) is 18.2 Å². The number of aromatic nitrogens is 3. The quantitative estimate of drug-likeness (QED) is 0.762. The number of nitrogens with two attached hydrogens (primary N) is 1. The number of nitrogens with zero attached hydrogens (tertiary/aromatic N) is 3. The fourth-order valence-electron chi connectivity index (χ4n) is 2.83. The average Bonchev–Trinajstić information content (AvgIpc) is 3.15. The average molecular weight is 315 g/mol. The Morgan fingerprint density at radius 2 is 2.09 bits per heavy atom. The van der Waals surface area contributed by atoms with Gasteiger partial charge in [0.25, 0.3) is 0 Å². The minimum Gasteiger partial charge on any atom is -0.366 e. The van der Waals surface area contributed by atoms with Crippen LogP contribution in [0.2, 0.25) is 0 Å². The maximum absolute atomic E-state index is 13.1. The van der Waals surface area contributed by atoms with E-state index in [0.29, 0.717) is 5.95 Å². The molecule has 4 rings (SSSR count). The fourth-order valence-corrected chi connectivity index (χ4v) is 3.65. The number of hydrogen-bond donors (Lipinski definition) is 2. The highest BCUT2D eigenvalue weighted by atomic mass is 32.1. The van der Waals surface area contributed by atoms with Crippen molar-refractivity contribution >= 4 is 23.2 Å². The number of halogens is 1. The third kappa shape index (κ3) is 2.23. The summed E-state index contributed by atoms with van der Waals surface area (Å²) < 4.78 is 15.0. The Labute approximate surface area is 130 Å². The number of nitrogens with one attached hydrogen (secondary N) is 1. The summed E-state index contributed by atoms with van der Waals surface area (Å²) in [5.41, 5.74) is 6.77. The van der Waals surface area contributed by atoms with Crippen molar-refractivity contribution in [2.45, 2.75) is 18.5 Å². The van der Waals surface area contributed by atoms with Crippen molar-refractivity contribution in [3.05, 3.63) is 58.0 Å². The lowest BCUT2D eigenvalue weighted by atomic mass is 9.97. The molecule has 3 heterocycles. The van der Waals surface area contributed by atoms with E-state index >= 15 is 0 Å². The molecule has 0 saturated heterocycles. The molecule has 5 nitrogen and oxygen atoms in total. The molecule has 1 aliphatic rings. The molecule has 0 spiro atoms. The van der Waals surface area contributed by atoms with Gasteiger partial charge in [0.15, 0.2) is 0 Å². The molecule has 0 amide bonds. The molecule has 0 fully saturated rings. The highest BCUT2D eigenvalue weighted by molar-refractivity contribution is 7.10. The molecule has 3 aromatic rings. The van der Waals surface area contributed by atoms with Crippen molar-refractivity contribution in [1.29, 1.82) is 0 Å². The van der Waals surface area contributed by atoms with Gasteiger partial charge in [0, 0.05) is 4.88 Å². The van der Waals surface area contributed by atoms with Gasteiger partial charge in [-0.15, -0.1) is 16.4 Å². The molecule has 1 aromatic carbocycles. The van der Waals surface area contributed by atoms with Crippen LogP contribution in [0.4, 0.5) is 16.3 Å². The number of rotatable bonds is 2. The summed E-state index contributed by atoms with van der Waals surface area (Å²) in [7, 11) is 0. The van der Waals surface area contributed by atoms with Gasteiger partial charge in [-0.05, 0) is 35.6 Å². The molecule has 0 unspecified atom stereocenters. The topological polar surface area (TPSA) is 68.8 Å². The molecule has 2 aromatic heterocycles. The van der Waals surface area contributed by atoms with Crippen LogP contribution >= 0.6 is 11.3 Å². The third-order valence-electron chi connectivity index (χ3n) is 3.85. The summed E-state index contributed by atoms with van der Waals surface area (Å²) in [5.74, 6) is 0.669. The number of anilines is 2. The van der Waals surface area contributed by atoms with Gasteiger partial charge in [-0.3, -0.25) is 0 Å². The molecule has 2 atom stereocenters. The van der Waals surface area contributed by atoms with Gasteiger partial charge in [-0.25, -0.2) is 9.07 Å². The van der Waals surface area contributed by atoms with E-state index in [1.54, 1.807) is 23.5 Å². The minimum absolute atomic E-state index is 0.0452. The van der Waals surface area contributed by atoms with Crippen LogP contribution in [0.15, 0.2) is 41.8 Å². The van der Waals surface area contributed by atoms with Crippen LogP contribution in [0, 0.1) is 5.82 Å². The predicted octanol–water partition coefficient (Wildman–Crippen LogP) is 3.21. The van der Waals surface area contributed by atoms with Crippen molar-refractivity contribution < 1.29 is 4.39 Å². The number of nitrogen functional groups attached to an aromatic ring is 1. The van der Waals surface area contributed by atoms with Crippen LogP contribution in [-0.2, 0) is 0 Å². The molecular weight excluding hydrogens is 301 g/mol. The van der Waals surface area contributed by atoms with E-state index in [-0.39, 0.29) is 23.8 Å². The highest BCUT2D eigenvalue weighted by Crippen LogP contribution is 2.39. The Morgan fingerprint density at radius 3 is 2.82 bits per heavy atom. The summed E-state index contributed by atoms with van der Waals surface area (Å²) in [4.78, 5) is 5.46. The summed E-state index contributed by atoms with van der Waals surface area (Å²) in [6, 6.07) is 10.8. The zero-order valence-corrected chi connectivity index (χ0v) is 12.4. The van der Waals surface area contributed by atoms with E-state index in [4.69, 9.17) is 5.73 Å². The van der Waals surface area contributed by atoms with Gasteiger partial charge < -0.3 is 11.1 Å². The maximum atomic E-state index is 13.1. The van der Waals surface area contributed by atoms with E-state index in [1.807, 2.05) is 16.1 Å². The van der Waals surface area contributed by atoms with Crippen molar-refractivity contribution in [1.82, 2.24) is 14.8 Å². The van der Waals surface area contributed by atoms with Crippen LogP contribution in [0.3, 0.4) is 0 Å². The van der Waals surface area contributed by atoms with Gasteiger partial charge in [0.1, 0.15) is 5.82 Å². The van der Waals surface area contributed by atoms with E-state index in [1.165, 1.54) is 17.0 Å². The molecule has 0 saturated carbocycles. The van der Waals surface area contributed by atoms with Crippen LogP contribution in [0.25, 0.3) is 0 Å². The second-order valence-electron chi connectivity index (χ2n) is 5.25. The fraction of sp³-hybridized carbons (Fsp3) is 0.200. The Balaban J connectivity index is 1.74. The lowest BCUT2D eigenvalue weighted by Crippen LogP contribution is -2.27. The molecule has 0 aliphatic carbocycles. The predicted molar refractivity (Wildman–Crippen MR) is 84.3 cm³/mol. The Hall–Kier alpha value is -2.41. The van der Waals surface area contributed by atoms with E-state index in [0.717, 1.165) is 12.0 Å². The summed E-state index contributed by atoms with van der Waals surface area (Å²) >= 11 is 1.68. The normalized spacial score (nSPS) is 20.4. The van der Waals surface area contributed by atoms with Crippen LogP contribution in [0.1, 0.15) is 28.9 Å². The number of benzene rings is 1. The van der Waals surface area contributed by atoms with E-state index in [2.05, 4.69) is 21.5 Å². The Bertz CT molecular complexity index is 781. The largest absolute Gasteiger partial charge is 0.366 e. The first kappa shape index (κ1) is 13.3. The molecule has 0 bridgehead atoms. The SMILES string of the molecule is Nc1nc2n(n1)[C@@H](c1cccs1)C[C@@H](c1ccc(F)cc1)N2. The molecule has 0 radical (unpaired) electrons. The number of hydrogen-bond acceptors (Lipinski definition) is 5. The van der Waals surface area contributed by atoms with Gasteiger partial charge in [0.05, 0.1) is 12.1 Å². The Kier molecular flexibility index (Phi) is 3.07. The molecule has 22 heavy (non-hydrogen) atoms. The van der Waals surface area contributed by atoms with Crippen molar-refractivity contribution in [3.8, 4) is 0 Å². The standard InChI is InChI=1S/C15H14FN5S/c16-10-5-3-9(4-6-10)11-8-12(13-2-1-7-22-13)21-15(18-11)19-14(17)20-21/h1-7,11-12H,8H2,(H3,17,18,19,20)/t11-,12+/m0/s1. The molecular formula is C15H14FN5S. The summed E-state index contributed by atoms with van der Waals surface area (Å²) in [6.45, 7) is 0. The minimum atomic E-state index is -0.234.